The molecule has 0 aliphatic carbocycles. The topological polar surface area (TPSA) is 103 Å². The van der Waals surface area contributed by atoms with E-state index in [2.05, 4.69) is 10.3 Å². The molecule has 0 bridgehead atoms. The Hall–Kier alpha value is -2.24. The molecular weight excluding hydrogens is 256 g/mol. The van der Waals surface area contributed by atoms with Gasteiger partial charge in [0.1, 0.15) is 11.8 Å². The Kier molecular flexibility index (Phi) is 6.36. The zero-order chi connectivity index (χ0) is 15.0. The smallest absolute Gasteiger partial charge is 0.240 e. The largest absolute Gasteiger partial charge is 0.497 e. The van der Waals surface area contributed by atoms with Gasteiger partial charge in [0.05, 0.1) is 13.7 Å². The highest BCUT2D eigenvalue weighted by Crippen LogP contribution is 2.11. The molecule has 110 valence electrons. The number of nitrogens with one attached hydrogen (secondary N) is 1. The Labute approximate surface area is 119 Å². The van der Waals surface area contributed by atoms with Gasteiger partial charge in [-0.15, -0.1) is 0 Å². The van der Waals surface area contributed by atoms with Crippen LogP contribution in [-0.4, -0.2) is 25.0 Å². The average Bonchev–Trinajstić information content (AvgIpc) is 2.45. The maximum absolute atomic E-state index is 11.2. The summed E-state index contributed by atoms with van der Waals surface area (Å²) in [5.74, 6) is 0.591. The van der Waals surface area contributed by atoms with Gasteiger partial charge in [0.25, 0.3) is 0 Å². The van der Waals surface area contributed by atoms with Crippen molar-refractivity contribution < 1.29 is 9.53 Å². The summed E-state index contributed by atoms with van der Waals surface area (Å²) in [4.78, 5) is 15.4. The summed E-state index contributed by atoms with van der Waals surface area (Å²) in [5, 5.41) is 2.84. The second-order valence-corrected chi connectivity index (χ2v) is 4.44. The molecule has 6 heteroatoms. The first kappa shape index (κ1) is 15.8. The molecule has 0 radical (unpaired) electrons. The van der Waals surface area contributed by atoms with Crippen molar-refractivity contribution in [3.8, 4) is 5.75 Å². The number of methoxy groups -OCH3 is 1. The van der Waals surface area contributed by atoms with Crippen molar-refractivity contribution in [2.75, 3.05) is 7.11 Å². The number of nitrogens with zero attached hydrogens (tertiary/aromatic N) is 1. The maximum Gasteiger partial charge on any atom is 0.240 e. The highest BCUT2D eigenvalue weighted by Gasteiger charge is 2.14. The summed E-state index contributed by atoms with van der Waals surface area (Å²) >= 11 is 0. The minimum Gasteiger partial charge on any atom is -0.497 e. The molecule has 1 aromatic rings. The van der Waals surface area contributed by atoms with Gasteiger partial charge in [0, 0.05) is 0 Å². The van der Waals surface area contributed by atoms with E-state index < -0.39 is 11.9 Å². The SMILES string of the molecule is CCC[C@@H](NC(N)=NCc1ccc(OC)cc1)C(N)=O. The van der Waals surface area contributed by atoms with E-state index >= 15 is 0 Å². The van der Waals surface area contributed by atoms with Gasteiger partial charge >= 0.3 is 0 Å². The quantitative estimate of drug-likeness (QED) is 0.506. The van der Waals surface area contributed by atoms with Gasteiger partial charge in [-0.3, -0.25) is 4.79 Å². The molecule has 0 unspecified atom stereocenters. The van der Waals surface area contributed by atoms with Crippen LogP contribution < -0.4 is 21.5 Å². The van der Waals surface area contributed by atoms with Crippen molar-refractivity contribution in [3.05, 3.63) is 29.8 Å². The first-order valence-electron chi connectivity index (χ1n) is 6.55. The van der Waals surface area contributed by atoms with Gasteiger partial charge in [-0.25, -0.2) is 4.99 Å². The number of amides is 1. The van der Waals surface area contributed by atoms with Crippen molar-refractivity contribution in [1.82, 2.24) is 5.32 Å². The number of carbonyl (C=O) groups excluding carboxylic acids is 1. The lowest BCUT2D eigenvalue weighted by Crippen LogP contribution is -2.47. The Bertz CT molecular complexity index is 457. The predicted octanol–water partition coefficient (Wildman–Crippen LogP) is 0.754. The number of hydrogen-bond acceptors (Lipinski definition) is 3. The number of hydrogen-bond donors (Lipinski definition) is 3. The van der Waals surface area contributed by atoms with Crippen LogP contribution in [0.2, 0.25) is 0 Å². The lowest BCUT2D eigenvalue weighted by atomic mass is 10.1. The van der Waals surface area contributed by atoms with E-state index in [1.165, 1.54) is 0 Å². The zero-order valence-corrected chi connectivity index (χ0v) is 11.9. The maximum atomic E-state index is 11.2. The van der Waals surface area contributed by atoms with Gasteiger partial charge in [-0.1, -0.05) is 25.5 Å². The summed E-state index contributed by atoms with van der Waals surface area (Å²) in [6.45, 7) is 2.41. The van der Waals surface area contributed by atoms with E-state index in [0.29, 0.717) is 13.0 Å². The Morgan fingerprint density at radius 2 is 2.00 bits per heavy atom. The number of carbonyl (C=O) groups is 1. The molecule has 20 heavy (non-hydrogen) atoms. The molecule has 0 heterocycles. The fraction of sp³-hybridized carbons (Fsp3) is 0.429. The van der Waals surface area contributed by atoms with Crippen LogP contribution in [0.25, 0.3) is 0 Å². The molecule has 0 fully saturated rings. The van der Waals surface area contributed by atoms with E-state index in [1.54, 1.807) is 7.11 Å². The molecule has 6 nitrogen and oxygen atoms in total. The normalized spacial score (nSPS) is 12.8. The summed E-state index contributed by atoms with van der Waals surface area (Å²) in [7, 11) is 1.62. The standard InChI is InChI=1S/C14H22N4O2/c1-3-4-12(13(15)19)18-14(16)17-9-10-5-7-11(20-2)8-6-10/h5-8,12H,3-4,9H2,1-2H3,(H2,15,19)(H3,16,17,18)/t12-/m1/s1. The monoisotopic (exact) mass is 278 g/mol. The van der Waals surface area contributed by atoms with Crippen LogP contribution in [0.15, 0.2) is 29.3 Å². The molecule has 0 spiro atoms. The molecule has 1 rings (SSSR count). The first-order chi connectivity index (χ1) is 9.56. The van der Waals surface area contributed by atoms with Crippen molar-refractivity contribution in [3.63, 3.8) is 0 Å². The first-order valence-corrected chi connectivity index (χ1v) is 6.55. The summed E-state index contributed by atoms with van der Waals surface area (Å²) in [6, 6.07) is 7.07. The Balaban J connectivity index is 2.57. The Morgan fingerprint density at radius 3 is 2.50 bits per heavy atom. The lowest BCUT2D eigenvalue weighted by Gasteiger charge is -2.14. The summed E-state index contributed by atoms with van der Waals surface area (Å²) < 4.78 is 5.08. The average molecular weight is 278 g/mol. The van der Waals surface area contributed by atoms with Crippen LogP contribution in [-0.2, 0) is 11.3 Å². The van der Waals surface area contributed by atoms with E-state index in [4.69, 9.17) is 16.2 Å². The third-order valence-electron chi connectivity index (χ3n) is 2.83. The number of aliphatic imine (C=N–C) groups is 1. The Morgan fingerprint density at radius 1 is 1.35 bits per heavy atom. The van der Waals surface area contributed by atoms with Crippen LogP contribution in [0, 0.1) is 0 Å². The molecule has 5 N–H and O–H groups in total. The van der Waals surface area contributed by atoms with Crippen LogP contribution in [0.1, 0.15) is 25.3 Å². The van der Waals surface area contributed by atoms with Crippen molar-refractivity contribution >= 4 is 11.9 Å². The van der Waals surface area contributed by atoms with Crippen molar-refractivity contribution in [2.24, 2.45) is 16.5 Å². The van der Waals surface area contributed by atoms with Crippen LogP contribution in [0.3, 0.4) is 0 Å². The molecule has 1 amide bonds. The highest BCUT2D eigenvalue weighted by molar-refractivity contribution is 5.87. The predicted molar refractivity (Wildman–Crippen MR) is 79.3 cm³/mol. The van der Waals surface area contributed by atoms with Crippen LogP contribution >= 0.6 is 0 Å². The van der Waals surface area contributed by atoms with E-state index in [1.807, 2.05) is 31.2 Å². The molecule has 1 atom stereocenters. The fourth-order valence-electron chi connectivity index (χ4n) is 1.71. The number of nitrogens with two attached hydrogens (primary N) is 2. The summed E-state index contributed by atoms with van der Waals surface area (Å²) in [6.07, 6.45) is 1.47. The number of rotatable bonds is 7. The van der Waals surface area contributed by atoms with Gasteiger partial charge < -0.3 is 21.5 Å². The van der Waals surface area contributed by atoms with E-state index in [0.717, 1.165) is 17.7 Å². The minimum absolute atomic E-state index is 0.220. The number of benzene rings is 1. The summed E-state index contributed by atoms with van der Waals surface area (Å²) in [5.41, 5.74) is 12.0. The van der Waals surface area contributed by atoms with Crippen LogP contribution in [0.5, 0.6) is 5.75 Å². The molecule has 1 aromatic carbocycles. The number of primary amides is 1. The molecule has 0 saturated carbocycles. The molecular formula is C14H22N4O2. The number of ether oxygens (including phenoxy) is 1. The van der Waals surface area contributed by atoms with Gasteiger partial charge in [-0.2, -0.15) is 0 Å². The van der Waals surface area contributed by atoms with Crippen molar-refractivity contribution in [2.45, 2.75) is 32.4 Å². The van der Waals surface area contributed by atoms with Gasteiger partial charge in [0.2, 0.25) is 5.91 Å². The van der Waals surface area contributed by atoms with Crippen LogP contribution in [0.4, 0.5) is 0 Å². The molecule has 0 saturated heterocycles. The zero-order valence-electron chi connectivity index (χ0n) is 11.9. The van der Waals surface area contributed by atoms with E-state index in [9.17, 15) is 4.79 Å². The number of guanidine groups is 1. The minimum atomic E-state index is -0.473. The third kappa shape index (κ3) is 5.17. The van der Waals surface area contributed by atoms with Gasteiger partial charge in [0.15, 0.2) is 5.96 Å². The van der Waals surface area contributed by atoms with Crippen molar-refractivity contribution in [1.29, 1.82) is 0 Å². The molecule has 0 aliphatic heterocycles. The molecule has 0 aliphatic rings. The molecule has 0 aromatic heterocycles. The lowest BCUT2D eigenvalue weighted by molar-refractivity contribution is -0.119. The fourth-order valence-corrected chi connectivity index (χ4v) is 1.71. The van der Waals surface area contributed by atoms with Gasteiger partial charge in [-0.05, 0) is 24.1 Å². The third-order valence-corrected chi connectivity index (χ3v) is 2.83. The van der Waals surface area contributed by atoms with E-state index in [-0.39, 0.29) is 5.96 Å². The second-order valence-electron chi connectivity index (χ2n) is 4.44. The second kappa shape index (κ2) is 8.04. The highest BCUT2D eigenvalue weighted by atomic mass is 16.5.